The summed E-state index contributed by atoms with van der Waals surface area (Å²) in [4.78, 5) is 24.2. The molecule has 4 aliphatic carbocycles. The van der Waals surface area contributed by atoms with Gasteiger partial charge in [-0.2, -0.15) is 0 Å². The van der Waals surface area contributed by atoms with Gasteiger partial charge in [-0.3, -0.25) is 9.59 Å². The Kier molecular flexibility index (Phi) is 4.64. The highest BCUT2D eigenvalue weighted by Crippen LogP contribution is 2.71. The van der Waals surface area contributed by atoms with E-state index in [1.165, 1.54) is 31.8 Å². The van der Waals surface area contributed by atoms with E-state index in [1.54, 1.807) is 0 Å². The maximum atomic E-state index is 12.8. The molecule has 28 heavy (non-hydrogen) atoms. The standard InChI is InChI=1S/C25H38O3/c1-15-13-22-20-8-7-18-14-19(28-17(3)27)9-11-23(18,4)21(20)10-12-24(22,5)25(15,6)16(2)26/h7,15,19-22H,8-14H2,1-6H3/t15-,19+,20+,21-,22-,23-,24-,25+/m0/s1. The first-order chi connectivity index (χ1) is 13.0. The van der Waals surface area contributed by atoms with E-state index in [2.05, 4.69) is 33.8 Å². The number of rotatable bonds is 2. The van der Waals surface area contributed by atoms with Gasteiger partial charge in [0.2, 0.25) is 0 Å². The number of ether oxygens (including phenoxy) is 1. The lowest BCUT2D eigenvalue weighted by Crippen LogP contribution is -2.53. The molecule has 0 amide bonds. The van der Waals surface area contributed by atoms with Gasteiger partial charge >= 0.3 is 5.97 Å². The maximum Gasteiger partial charge on any atom is 0.302 e. The summed E-state index contributed by atoms with van der Waals surface area (Å²) in [5, 5.41) is 0. The van der Waals surface area contributed by atoms with Crippen molar-refractivity contribution in [2.24, 2.45) is 39.9 Å². The van der Waals surface area contributed by atoms with Crippen LogP contribution >= 0.6 is 0 Å². The van der Waals surface area contributed by atoms with Gasteiger partial charge in [-0.25, -0.2) is 0 Å². The Morgan fingerprint density at radius 1 is 1.07 bits per heavy atom. The van der Waals surface area contributed by atoms with Gasteiger partial charge in [0, 0.05) is 18.8 Å². The molecule has 0 aromatic rings. The molecule has 0 bridgehead atoms. The Labute approximate surface area is 170 Å². The lowest BCUT2D eigenvalue weighted by molar-refractivity contribution is -0.150. The van der Waals surface area contributed by atoms with Crippen molar-refractivity contribution in [1.29, 1.82) is 0 Å². The number of carbonyl (C=O) groups is 2. The zero-order chi connectivity index (χ0) is 20.5. The van der Waals surface area contributed by atoms with E-state index in [9.17, 15) is 9.59 Å². The van der Waals surface area contributed by atoms with Crippen LogP contribution in [0.1, 0.15) is 86.5 Å². The van der Waals surface area contributed by atoms with Crippen LogP contribution in [0.15, 0.2) is 11.6 Å². The third-order valence-corrected chi connectivity index (χ3v) is 10.3. The molecule has 0 aromatic carbocycles. The van der Waals surface area contributed by atoms with Gasteiger partial charge in [0.25, 0.3) is 0 Å². The zero-order valence-electron chi connectivity index (χ0n) is 18.6. The molecule has 0 N–H and O–H groups in total. The van der Waals surface area contributed by atoms with Gasteiger partial charge in [-0.1, -0.05) is 39.3 Å². The first-order valence-electron chi connectivity index (χ1n) is 11.4. The molecule has 0 radical (unpaired) electrons. The van der Waals surface area contributed by atoms with Crippen molar-refractivity contribution in [2.45, 2.75) is 92.6 Å². The number of carbonyl (C=O) groups excluding carboxylic acids is 2. The number of hydrogen-bond acceptors (Lipinski definition) is 3. The fraction of sp³-hybridized carbons (Fsp3) is 0.840. The van der Waals surface area contributed by atoms with Crippen LogP contribution in [-0.4, -0.2) is 17.9 Å². The first kappa shape index (κ1) is 20.2. The molecule has 0 saturated heterocycles. The highest BCUT2D eigenvalue weighted by Gasteiger charge is 2.66. The van der Waals surface area contributed by atoms with Crippen LogP contribution in [0, 0.1) is 39.9 Å². The molecule has 3 heteroatoms. The second kappa shape index (κ2) is 6.44. The summed E-state index contributed by atoms with van der Waals surface area (Å²) in [6.45, 7) is 12.8. The normalized spacial score (nSPS) is 50.1. The molecule has 0 heterocycles. The highest BCUT2D eigenvalue weighted by molar-refractivity contribution is 5.83. The van der Waals surface area contributed by atoms with E-state index < -0.39 is 0 Å². The molecule has 3 nitrogen and oxygen atoms in total. The minimum Gasteiger partial charge on any atom is -0.462 e. The van der Waals surface area contributed by atoms with Crippen molar-refractivity contribution >= 4 is 11.8 Å². The van der Waals surface area contributed by atoms with E-state index in [0.717, 1.165) is 25.7 Å². The van der Waals surface area contributed by atoms with Crippen molar-refractivity contribution in [3.8, 4) is 0 Å². The SMILES string of the molecule is CC(=O)O[C@@H]1CC[C@@]2(C)C(=CC[C@@H]3[C@@H]2CC[C@@]2(C)[C@H]3C[C@H](C)[C@]2(C)C(C)=O)C1. The van der Waals surface area contributed by atoms with Crippen LogP contribution in [0.3, 0.4) is 0 Å². The summed E-state index contributed by atoms with van der Waals surface area (Å²) in [6, 6.07) is 0. The predicted octanol–water partition coefficient (Wildman–Crippen LogP) is 5.72. The Morgan fingerprint density at radius 2 is 1.79 bits per heavy atom. The molecule has 8 atom stereocenters. The number of fused-ring (bicyclic) bond motifs is 5. The van der Waals surface area contributed by atoms with Crippen molar-refractivity contribution in [2.75, 3.05) is 0 Å². The van der Waals surface area contributed by atoms with E-state index >= 15 is 0 Å². The van der Waals surface area contributed by atoms with Gasteiger partial charge in [-0.05, 0) is 80.0 Å². The second-order valence-electron chi connectivity index (χ2n) is 11.1. The molecule has 4 aliphatic rings. The fourth-order valence-electron chi connectivity index (χ4n) is 8.29. The van der Waals surface area contributed by atoms with E-state index in [0.29, 0.717) is 29.5 Å². The minimum atomic E-state index is -0.180. The highest BCUT2D eigenvalue weighted by atomic mass is 16.5. The summed E-state index contributed by atoms with van der Waals surface area (Å²) in [5.74, 6) is 2.77. The van der Waals surface area contributed by atoms with Gasteiger partial charge in [-0.15, -0.1) is 0 Å². The van der Waals surface area contributed by atoms with Gasteiger partial charge in [0.05, 0.1) is 0 Å². The van der Waals surface area contributed by atoms with E-state index in [1.807, 2.05) is 6.92 Å². The minimum absolute atomic E-state index is 0.0646. The summed E-state index contributed by atoms with van der Waals surface area (Å²) in [5.41, 5.74) is 1.74. The number of Topliss-reactive ketones (excluding diaryl/α,β-unsaturated/α-hetero) is 1. The van der Waals surface area contributed by atoms with E-state index in [4.69, 9.17) is 4.74 Å². The molecule has 4 rings (SSSR count). The number of allylic oxidation sites excluding steroid dienone is 1. The number of ketones is 1. The maximum absolute atomic E-state index is 12.8. The second-order valence-corrected chi connectivity index (χ2v) is 11.1. The summed E-state index contributed by atoms with van der Waals surface area (Å²) >= 11 is 0. The van der Waals surface area contributed by atoms with Gasteiger partial charge in [0.15, 0.2) is 0 Å². The molecule has 3 fully saturated rings. The van der Waals surface area contributed by atoms with Crippen LogP contribution in [0.25, 0.3) is 0 Å². The van der Waals surface area contributed by atoms with Crippen molar-refractivity contribution < 1.29 is 14.3 Å². The van der Waals surface area contributed by atoms with E-state index in [-0.39, 0.29) is 28.3 Å². The summed E-state index contributed by atoms with van der Waals surface area (Å²) in [6.07, 6.45) is 10.3. The molecule has 156 valence electrons. The molecular formula is C25H38O3. The van der Waals surface area contributed by atoms with Gasteiger partial charge in [0.1, 0.15) is 11.9 Å². The number of esters is 1. The van der Waals surface area contributed by atoms with Gasteiger partial charge < -0.3 is 4.74 Å². The molecule has 0 unspecified atom stereocenters. The Balaban J connectivity index is 1.64. The smallest absolute Gasteiger partial charge is 0.302 e. The Morgan fingerprint density at radius 3 is 2.43 bits per heavy atom. The largest absolute Gasteiger partial charge is 0.462 e. The average Bonchev–Trinajstić information content (AvgIpc) is 2.83. The lowest BCUT2D eigenvalue weighted by Gasteiger charge is -2.59. The Hall–Kier alpha value is -1.12. The quantitative estimate of drug-likeness (QED) is 0.450. The Bertz CT molecular complexity index is 723. The first-order valence-corrected chi connectivity index (χ1v) is 11.4. The summed E-state index contributed by atoms with van der Waals surface area (Å²) < 4.78 is 5.56. The van der Waals surface area contributed by atoms with Crippen molar-refractivity contribution in [1.82, 2.24) is 0 Å². The molecular weight excluding hydrogens is 348 g/mol. The molecule has 0 spiro atoms. The average molecular weight is 387 g/mol. The predicted molar refractivity (Wildman–Crippen MR) is 111 cm³/mol. The molecule has 0 aliphatic heterocycles. The zero-order valence-corrected chi connectivity index (χ0v) is 18.6. The molecule has 3 saturated carbocycles. The third kappa shape index (κ3) is 2.53. The van der Waals surface area contributed by atoms with Crippen LogP contribution < -0.4 is 0 Å². The van der Waals surface area contributed by atoms with Crippen LogP contribution in [-0.2, 0) is 14.3 Å². The summed E-state index contributed by atoms with van der Waals surface area (Å²) in [7, 11) is 0. The monoisotopic (exact) mass is 386 g/mol. The van der Waals surface area contributed by atoms with Crippen LogP contribution in [0.2, 0.25) is 0 Å². The van der Waals surface area contributed by atoms with Crippen molar-refractivity contribution in [3.63, 3.8) is 0 Å². The molecule has 0 aromatic heterocycles. The third-order valence-electron chi connectivity index (χ3n) is 10.3. The fourth-order valence-corrected chi connectivity index (χ4v) is 8.29. The van der Waals surface area contributed by atoms with Crippen LogP contribution in [0.4, 0.5) is 0 Å². The lowest BCUT2D eigenvalue weighted by atomic mass is 9.45. The topological polar surface area (TPSA) is 43.4 Å². The van der Waals surface area contributed by atoms with Crippen molar-refractivity contribution in [3.05, 3.63) is 11.6 Å². The number of hydrogen-bond donors (Lipinski definition) is 0. The van der Waals surface area contributed by atoms with Crippen LogP contribution in [0.5, 0.6) is 0 Å².